The molecule has 1 aromatic rings. The van der Waals surface area contributed by atoms with Gasteiger partial charge >= 0.3 is 0 Å². The first kappa shape index (κ1) is 13.7. The van der Waals surface area contributed by atoms with Gasteiger partial charge in [0.25, 0.3) is 0 Å². The summed E-state index contributed by atoms with van der Waals surface area (Å²) >= 11 is 0. The third-order valence-corrected chi connectivity index (χ3v) is 4.12. The maximum absolute atomic E-state index is 5.40. The van der Waals surface area contributed by atoms with Gasteiger partial charge in [0.1, 0.15) is 0 Å². The van der Waals surface area contributed by atoms with Gasteiger partial charge in [-0.05, 0) is 55.2 Å². The molecule has 20 heavy (non-hydrogen) atoms. The van der Waals surface area contributed by atoms with Crippen molar-refractivity contribution in [3.05, 3.63) is 35.4 Å². The zero-order valence-corrected chi connectivity index (χ0v) is 12.1. The molecule has 2 fully saturated rings. The quantitative estimate of drug-likeness (QED) is 0.804. The van der Waals surface area contributed by atoms with Crippen LogP contribution in [-0.4, -0.2) is 24.5 Å². The maximum atomic E-state index is 5.40. The molecule has 2 nitrogen and oxygen atoms in total. The number of nitrogens with two attached hydrogens (primary N) is 1. The highest BCUT2D eigenvalue weighted by Crippen LogP contribution is 2.34. The summed E-state index contributed by atoms with van der Waals surface area (Å²) in [5, 5.41) is 0. The lowest BCUT2D eigenvalue weighted by atomic mass is 10.1. The molecule has 0 saturated heterocycles. The Morgan fingerprint density at radius 2 is 1.60 bits per heavy atom. The number of rotatable bonds is 6. The molecule has 0 radical (unpaired) electrons. The van der Waals surface area contributed by atoms with Gasteiger partial charge in [-0.1, -0.05) is 24.0 Å². The van der Waals surface area contributed by atoms with Crippen molar-refractivity contribution in [3.8, 4) is 11.8 Å². The molecule has 1 aromatic carbocycles. The monoisotopic (exact) mass is 268 g/mol. The van der Waals surface area contributed by atoms with Crippen molar-refractivity contribution < 1.29 is 0 Å². The van der Waals surface area contributed by atoms with Gasteiger partial charge < -0.3 is 5.73 Å². The Morgan fingerprint density at radius 1 is 1.00 bits per heavy atom. The van der Waals surface area contributed by atoms with Crippen LogP contribution in [0.1, 0.15) is 36.8 Å². The van der Waals surface area contributed by atoms with Crippen molar-refractivity contribution >= 4 is 0 Å². The molecule has 2 aliphatic rings. The fourth-order valence-electron chi connectivity index (χ4n) is 2.64. The Kier molecular flexibility index (Phi) is 4.40. The molecule has 0 aliphatic heterocycles. The summed E-state index contributed by atoms with van der Waals surface area (Å²) in [6.45, 7) is 4.12. The molecule has 2 aliphatic carbocycles. The Labute approximate surface area is 122 Å². The third-order valence-electron chi connectivity index (χ3n) is 4.12. The van der Waals surface area contributed by atoms with Gasteiger partial charge in [-0.2, -0.15) is 0 Å². The fraction of sp³-hybridized carbons (Fsp3) is 0.556. The first-order chi connectivity index (χ1) is 9.83. The normalized spacial score (nSPS) is 17.9. The van der Waals surface area contributed by atoms with Gasteiger partial charge in [-0.15, -0.1) is 0 Å². The van der Waals surface area contributed by atoms with E-state index in [1.165, 1.54) is 44.3 Å². The Balaban J connectivity index is 1.58. The standard InChI is InChI=1S/C18H24N2/c19-11-1-2-15-3-5-16(6-4-15)12-20(13-17-7-8-17)14-18-9-10-18/h3-6,17-18H,7-14,19H2. The zero-order valence-electron chi connectivity index (χ0n) is 12.1. The van der Waals surface area contributed by atoms with Crippen LogP contribution in [0.4, 0.5) is 0 Å². The van der Waals surface area contributed by atoms with Crippen LogP contribution in [0.2, 0.25) is 0 Å². The van der Waals surface area contributed by atoms with E-state index in [9.17, 15) is 0 Å². The van der Waals surface area contributed by atoms with Gasteiger partial charge in [0.05, 0.1) is 6.54 Å². The summed E-state index contributed by atoms with van der Waals surface area (Å²) in [6, 6.07) is 8.66. The Hall–Kier alpha value is -1.30. The van der Waals surface area contributed by atoms with E-state index in [1.54, 1.807) is 0 Å². The molecule has 2 saturated carbocycles. The predicted octanol–water partition coefficient (Wildman–Crippen LogP) is 2.62. The molecule has 0 aromatic heterocycles. The van der Waals surface area contributed by atoms with E-state index < -0.39 is 0 Å². The van der Waals surface area contributed by atoms with E-state index >= 15 is 0 Å². The van der Waals surface area contributed by atoms with Gasteiger partial charge in [-0.3, -0.25) is 4.90 Å². The van der Waals surface area contributed by atoms with Crippen LogP contribution < -0.4 is 5.73 Å². The highest BCUT2D eigenvalue weighted by Gasteiger charge is 2.28. The molecule has 0 spiro atoms. The van der Waals surface area contributed by atoms with E-state index in [4.69, 9.17) is 5.73 Å². The molecule has 3 rings (SSSR count). The van der Waals surface area contributed by atoms with Gasteiger partial charge in [0.2, 0.25) is 0 Å². The summed E-state index contributed by atoms with van der Waals surface area (Å²) in [6.07, 6.45) is 5.76. The molecule has 106 valence electrons. The van der Waals surface area contributed by atoms with Crippen LogP contribution in [-0.2, 0) is 6.54 Å². The molecule has 2 heteroatoms. The van der Waals surface area contributed by atoms with Crippen molar-refractivity contribution in [1.82, 2.24) is 4.90 Å². The zero-order chi connectivity index (χ0) is 13.8. The second kappa shape index (κ2) is 6.43. The number of nitrogens with zero attached hydrogens (tertiary/aromatic N) is 1. The van der Waals surface area contributed by atoms with Crippen molar-refractivity contribution in [2.45, 2.75) is 32.2 Å². The van der Waals surface area contributed by atoms with Gasteiger partial charge in [0.15, 0.2) is 0 Å². The second-order valence-corrected chi connectivity index (χ2v) is 6.28. The summed E-state index contributed by atoms with van der Waals surface area (Å²) in [7, 11) is 0. The molecular weight excluding hydrogens is 244 g/mol. The molecule has 0 bridgehead atoms. The molecule has 2 N–H and O–H groups in total. The number of hydrogen-bond donors (Lipinski definition) is 1. The lowest BCUT2D eigenvalue weighted by Crippen LogP contribution is -2.27. The van der Waals surface area contributed by atoms with E-state index in [2.05, 4.69) is 41.0 Å². The van der Waals surface area contributed by atoms with Crippen molar-refractivity contribution in [2.24, 2.45) is 17.6 Å². The SMILES string of the molecule is NCC#Cc1ccc(CN(CC2CC2)CC2CC2)cc1. The molecule has 0 heterocycles. The average molecular weight is 268 g/mol. The second-order valence-electron chi connectivity index (χ2n) is 6.28. The van der Waals surface area contributed by atoms with Crippen molar-refractivity contribution in [3.63, 3.8) is 0 Å². The smallest absolute Gasteiger partial charge is 0.0555 e. The van der Waals surface area contributed by atoms with E-state index in [1.807, 2.05) is 0 Å². The molecular formula is C18H24N2. The van der Waals surface area contributed by atoms with Gasteiger partial charge in [0, 0.05) is 25.2 Å². The van der Waals surface area contributed by atoms with E-state index in [0.717, 1.165) is 23.9 Å². The maximum Gasteiger partial charge on any atom is 0.0555 e. The first-order valence-corrected chi connectivity index (χ1v) is 7.83. The van der Waals surface area contributed by atoms with E-state index in [0.29, 0.717) is 6.54 Å². The molecule has 0 atom stereocenters. The average Bonchev–Trinajstić information content (AvgIpc) is 3.34. The molecule has 0 amide bonds. The van der Waals surface area contributed by atoms with Crippen LogP contribution >= 0.6 is 0 Å². The Morgan fingerprint density at radius 3 is 2.10 bits per heavy atom. The summed E-state index contributed by atoms with van der Waals surface area (Å²) in [4.78, 5) is 2.66. The van der Waals surface area contributed by atoms with Crippen LogP contribution in [0.5, 0.6) is 0 Å². The molecule has 0 unspecified atom stereocenters. The van der Waals surface area contributed by atoms with Crippen molar-refractivity contribution in [1.29, 1.82) is 0 Å². The van der Waals surface area contributed by atoms with Crippen LogP contribution in [0.3, 0.4) is 0 Å². The minimum atomic E-state index is 0.429. The van der Waals surface area contributed by atoms with Crippen molar-refractivity contribution in [2.75, 3.05) is 19.6 Å². The number of benzene rings is 1. The highest BCUT2D eigenvalue weighted by atomic mass is 15.1. The Bertz CT molecular complexity index is 472. The third kappa shape index (κ3) is 4.37. The largest absolute Gasteiger partial charge is 0.320 e. The fourth-order valence-corrected chi connectivity index (χ4v) is 2.64. The first-order valence-electron chi connectivity index (χ1n) is 7.83. The number of hydrogen-bond acceptors (Lipinski definition) is 2. The lowest BCUT2D eigenvalue weighted by Gasteiger charge is -2.22. The van der Waals surface area contributed by atoms with Crippen LogP contribution in [0.15, 0.2) is 24.3 Å². The summed E-state index contributed by atoms with van der Waals surface area (Å²) in [5.74, 6) is 7.93. The minimum Gasteiger partial charge on any atom is -0.320 e. The van der Waals surface area contributed by atoms with E-state index in [-0.39, 0.29) is 0 Å². The summed E-state index contributed by atoms with van der Waals surface area (Å²) in [5.41, 5.74) is 7.87. The minimum absolute atomic E-state index is 0.429. The van der Waals surface area contributed by atoms with Crippen LogP contribution in [0, 0.1) is 23.7 Å². The van der Waals surface area contributed by atoms with Gasteiger partial charge in [-0.25, -0.2) is 0 Å². The summed E-state index contributed by atoms with van der Waals surface area (Å²) < 4.78 is 0. The van der Waals surface area contributed by atoms with Crippen LogP contribution in [0.25, 0.3) is 0 Å². The lowest BCUT2D eigenvalue weighted by molar-refractivity contribution is 0.244. The highest BCUT2D eigenvalue weighted by molar-refractivity contribution is 5.36. The topological polar surface area (TPSA) is 29.3 Å². The predicted molar refractivity (Wildman–Crippen MR) is 83.1 cm³/mol.